The highest BCUT2D eigenvalue weighted by atomic mass is 35.5. The molecule has 90 valence electrons. The van der Waals surface area contributed by atoms with Gasteiger partial charge in [0.25, 0.3) is 6.43 Å². The van der Waals surface area contributed by atoms with E-state index in [0.717, 1.165) is 22.9 Å². The van der Waals surface area contributed by atoms with Crippen LogP contribution in [0.1, 0.15) is 12.1 Å². The van der Waals surface area contributed by atoms with Gasteiger partial charge in [0, 0.05) is 12.1 Å². The summed E-state index contributed by atoms with van der Waals surface area (Å²) in [4.78, 5) is 0. The zero-order valence-electron chi connectivity index (χ0n) is 8.17. The molecule has 2 rings (SSSR count). The average Bonchev–Trinajstić information content (AvgIpc) is 2.61. The summed E-state index contributed by atoms with van der Waals surface area (Å²) in [5.74, 6) is -1.71. The van der Waals surface area contributed by atoms with Crippen molar-refractivity contribution >= 4 is 11.6 Å². The molecule has 0 atom stereocenters. The van der Waals surface area contributed by atoms with Crippen molar-refractivity contribution in [1.82, 2.24) is 9.78 Å². The van der Waals surface area contributed by atoms with E-state index in [4.69, 9.17) is 11.6 Å². The Hall–Kier alpha value is -1.56. The fourth-order valence-corrected chi connectivity index (χ4v) is 1.54. The minimum absolute atomic E-state index is 0.175. The summed E-state index contributed by atoms with van der Waals surface area (Å²) in [6.45, 7) is 0. The second kappa shape index (κ2) is 4.37. The summed E-state index contributed by atoms with van der Waals surface area (Å²) < 4.78 is 51.5. The molecule has 0 aliphatic heterocycles. The molecule has 1 aromatic heterocycles. The SMILES string of the molecule is Fc1ccc(-n2nc(C(F)F)cc2Cl)c(F)c1. The van der Waals surface area contributed by atoms with Crippen molar-refractivity contribution in [2.75, 3.05) is 0 Å². The Bertz CT molecular complexity index is 553. The summed E-state index contributed by atoms with van der Waals surface area (Å²) in [5.41, 5.74) is -0.762. The zero-order valence-corrected chi connectivity index (χ0v) is 8.93. The molecule has 0 amide bonds. The van der Waals surface area contributed by atoms with Gasteiger partial charge in [0.05, 0.1) is 0 Å². The van der Waals surface area contributed by atoms with Crippen LogP contribution in [0.2, 0.25) is 5.15 Å². The van der Waals surface area contributed by atoms with Gasteiger partial charge in [-0.1, -0.05) is 11.6 Å². The summed E-state index contributed by atoms with van der Waals surface area (Å²) in [6.07, 6.45) is -2.81. The second-order valence-corrected chi connectivity index (χ2v) is 3.59. The van der Waals surface area contributed by atoms with Gasteiger partial charge in [0.15, 0.2) is 5.82 Å². The van der Waals surface area contributed by atoms with Crippen LogP contribution in [0.5, 0.6) is 0 Å². The lowest BCUT2D eigenvalue weighted by Crippen LogP contribution is -2.01. The van der Waals surface area contributed by atoms with E-state index in [1.807, 2.05) is 0 Å². The van der Waals surface area contributed by atoms with Crippen molar-refractivity contribution in [3.8, 4) is 5.69 Å². The Morgan fingerprint density at radius 3 is 2.41 bits per heavy atom. The Labute approximate surface area is 98.4 Å². The number of nitrogens with zero attached hydrogens (tertiary/aromatic N) is 2. The number of hydrogen-bond donors (Lipinski definition) is 0. The fourth-order valence-electron chi connectivity index (χ4n) is 1.30. The fraction of sp³-hybridized carbons (Fsp3) is 0.100. The number of hydrogen-bond acceptors (Lipinski definition) is 1. The number of rotatable bonds is 2. The van der Waals surface area contributed by atoms with Gasteiger partial charge >= 0.3 is 0 Å². The van der Waals surface area contributed by atoms with E-state index in [9.17, 15) is 17.6 Å². The van der Waals surface area contributed by atoms with Crippen LogP contribution in [0.4, 0.5) is 17.6 Å². The van der Waals surface area contributed by atoms with Gasteiger partial charge in [-0.15, -0.1) is 0 Å². The first-order chi connectivity index (χ1) is 7.99. The first-order valence-corrected chi connectivity index (χ1v) is 4.86. The van der Waals surface area contributed by atoms with Gasteiger partial charge in [-0.2, -0.15) is 5.10 Å². The lowest BCUT2D eigenvalue weighted by Gasteiger charge is -2.04. The van der Waals surface area contributed by atoms with E-state index in [1.54, 1.807) is 0 Å². The highest BCUT2D eigenvalue weighted by Gasteiger charge is 2.17. The summed E-state index contributed by atoms with van der Waals surface area (Å²) in [7, 11) is 0. The minimum atomic E-state index is -2.81. The molecule has 0 aliphatic rings. The highest BCUT2D eigenvalue weighted by Crippen LogP contribution is 2.25. The van der Waals surface area contributed by atoms with Crippen molar-refractivity contribution in [2.24, 2.45) is 0 Å². The Morgan fingerprint density at radius 2 is 1.88 bits per heavy atom. The van der Waals surface area contributed by atoms with Gasteiger partial charge < -0.3 is 0 Å². The molecule has 0 aliphatic carbocycles. The topological polar surface area (TPSA) is 17.8 Å². The summed E-state index contributed by atoms with van der Waals surface area (Å²) >= 11 is 5.64. The molecule has 0 bridgehead atoms. The predicted octanol–water partition coefficient (Wildman–Crippen LogP) is 3.74. The van der Waals surface area contributed by atoms with E-state index in [1.165, 1.54) is 0 Å². The first-order valence-electron chi connectivity index (χ1n) is 4.48. The molecule has 1 aromatic carbocycles. The second-order valence-electron chi connectivity index (χ2n) is 3.20. The third kappa shape index (κ3) is 2.26. The number of halogens is 5. The highest BCUT2D eigenvalue weighted by molar-refractivity contribution is 6.29. The molecule has 0 saturated heterocycles. The monoisotopic (exact) mass is 264 g/mol. The van der Waals surface area contributed by atoms with Crippen LogP contribution >= 0.6 is 11.6 Å². The van der Waals surface area contributed by atoms with E-state index in [-0.39, 0.29) is 10.8 Å². The molecule has 0 radical (unpaired) electrons. The normalized spacial score (nSPS) is 11.2. The van der Waals surface area contributed by atoms with Crippen LogP contribution in [0.15, 0.2) is 24.3 Å². The maximum Gasteiger partial charge on any atom is 0.282 e. The minimum Gasteiger partial charge on any atom is -0.219 e. The molecule has 0 unspecified atom stereocenters. The quantitative estimate of drug-likeness (QED) is 0.756. The van der Waals surface area contributed by atoms with Crippen LogP contribution in [0.25, 0.3) is 5.69 Å². The third-order valence-corrected chi connectivity index (χ3v) is 2.32. The summed E-state index contributed by atoms with van der Waals surface area (Å²) in [6, 6.07) is 3.60. The van der Waals surface area contributed by atoms with Gasteiger partial charge in [0.1, 0.15) is 22.4 Å². The van der Waals surface area contributed by atoms with Crippen molar-refractivity contribution in [3.05, 3.63) is 46.7 Å². The van der Waals surface area contributed by atoms with E-state index >= 15 is 0 Å². The zero-order chi connectivity index (χ0) is 12.6. The molecule has 2 nitrogen and oxygen atoms in total. The van der Waals surface area contributed by atoms with E-state index in [2.05, 4.69) is 5.10 Å². The number of aromatic nitrogens is 2. The van der Waals surface area contributed by atoms with Crippen LogP contribution in [0, 0.1) is 11.6 Å². The molecule has 17 heavy (non-hydrogen) atoms. The molecule has 1 heterocycles. The predicted molar refractivity (Wildman–Crippen MR) is 53.4 cm³/mol. The van der Waals surface area contributed by atoms with Crippen molar-refractivity contribution < 1.29 is 17.6 Å². The number of alkyl halides is 2. The van der Waals surface area contributed by atoms with Gasteiger partial charge in [-0.3, -0.25) is 0 Å². The molecular weight excluding hydrogens is 260 g/mol. The molecule has 2 aromatic rings. The van der Waals surface area contributed by atoms with Crippen LogP contribution in [-0.4, -0.2) is 9.78 Å². The molecule has 0 saturated carbocycles. The van der Waals surface area contributed by atoms with Crippen molar-refractivity contribution in [2.45, 2.75) is 6.43 Å². The number of benzene rings is 1. The maximum absolute atomic E-state index is 13.4. The van der Waals surface area contributed by atoms with E-state index < -0.39 is 23.8 Å². The van der Waals surface area contributed by atoms with E-state index in [0.29, 0.717) is 6.07 Å². The lowest BCUT2D eigenvalue weighted by molar-refractivity contribution is 0.145. The molecule has 0 spiro atoms. The molecule has 7 heteroatoms. The smallest absolute Gasteiger partial charge is 0.219 e. The molecule has 0 N–H and O–H groups in total. The van der Waals surface area contributed by atoms with Crippen LogP contribution < -0.4 is 0 Å². The lowest BCUT2D eigenvalue weighted by atomic mass is 10.3. The average molecular weight is 265 g/mol. The van der Waals surface area contributed by atoms with Gasteiger partial charge in [-0.25, -0.2) is 22.2 Å². The van der Waals surface area contributed by atoms with Crippen LogP contribution in [0.3, 0.4) is 0 Å². The largest absolute Gasteiger partial charge is 0.282 e. The molecule has 0 fully saturated rings. The van der Waals surface area contributed by atoms with Gasteiger partial charge in [-0.05, 0) is 12.1 Å². The first kappa shape index (κ1) is 11.9. The maximum atomic E-state index is 13.4. The Morgan fingerprint density at radius 1 is 1.18 bits per heavy atom. The third-order valence-electron chi connectivity index (χ3n) is 2.05. The Balaban J connectivity index is 2.52. The summed E-state index contributed by atoms with van der Waals surface area (Å²) in [5, 5.41) is 3.27. The standard InChI is InChI=1S/C10H5ClF4N2/c11-9-4-7(10(14)15)16-17(9)8-2-1-5(12)3-6(8)13/h1-4,10H. The van der Waals surface area contributed by atoms with Crippen molar-refractivity contribution in [1.29, 1.82) is 0 Å². The molecular formula is C10H5ClF4N2. The van der Waals surface area contributed by atoms with Gasteiger partial charge in [0.2, 0.25) is 0 Å². The van der Waals surface area contributed by atoms with Crippen LogP contribution in [-0.2, 0) is 0 Å². The van der Waals surface area contributed by atoms with Crippen molar-refractivity contribution in [3.63, 3.8) is 0 Å². The Kier molecular flexibility index (Phi) is 3.06.